The molecule has 0 saturated heterocycles. The number of aromatic amines is 1. The van der Waals surface area contributed by atoms with Gasteiger partial charge in [0, 0.05) is 36.7 Å². The third-order valence-electron chi connectivity index (χ3n) is 3.56. The molecule has 3 heteroatoms. The summed E-state index contributed by atoms with van der Waals surface area (Å²) < 4.78 is 5.45. The van der Waals surface area contributed by atoms with Gasteiger partial charge in [0.2, 0.25) is 0 Å². The minimum absolute atomic E-state index is 0.961. The summed E-state index contributed by atoms with van der Waals surface area (Å²) in [7, 11) is 1.73. The van der Waals surface area contributed by atoms with Crippen molar-refractivity contribution in [3.63, 3.8) is 0 Å². The fourth-order valence-electron chi connectivity index (χ4n) is 2.57. The van der Waals surface area contributed by atoms with E-state index in [0.29, 0.717) is 0 Å². The van der Waals surface area contributed by atoms with Crippen LogP contribution < -0.4 is 4.74 Å². The molecule has 1 aliphatic rings. The largest absolute Gasteiger partial charge is 0.496 e. The number of hydrogen-bond donors (Lipinski definition) is 1. The Bertz CT molecular complexity index is 563. The molecular formula is C17H24N2O. The molecule has 2 aromatic rings. The van der Waals surface area contributed by atoms with E-state index in [9.17, 15) is 0 Å². The summed E-state index contributed by atoms with van der Waals surface area (Å²) in [6.07, 6.45) is 7.63. The molecule has 0 radical (unpaired) electrons. The number of benzene rings is 1. The van der Waals surface area contributed by atoms with Crippen LogP contribution in [0.15, 0.2) is 36.5 Å². The molecule has 0 bridgehead atoms. The molecule has 3 rings (SSSR count). The van der Waals surface area contributed by atoms with E-state index in [4.69, 9.17) is 4.74 Å². The number of fused-ring (bicyclic) bond motifs is 1. The molecule has 0 spiro atoms. The van der Waals surface area contributed by atoms with E-state index in [1.54, 1.807) is 7.11 Å². The van der Waals surface area contributed by atoms with E-state index < -0.39 is 0 Å². The summed E-state index contributed by atoms with van der Waals surface area (Å²) in [6, 6.07) is 6.14. The number of nitrogens with zero attached hydrogens (tertiary/aromatic N) is 1. The van der Waals surface area contributed by atoms with Crippen molar-refractivity contribution >= 4 is 10.9 Å². The Morgan fingerprint density at radius 3 is 2.65 bits per heavy atom. The van der Waals surface area contributed by atoms with Gasteiger partial charge in [-0.25, -0.2) is 0 Å². The van der Waals surface area contributed by atoms with Gasteiger partial charge in [-0.3, -0.25) is 4.90 Å². The Morgan fingerprint density at radius 2 is 1.95 bits per heavy atom. The predicted molar refractivity (Wildman–Crippen MR) is 85.5 cm³/mol. The monoisotopic (exact) mass is 272 g/mol. The summed E-state index contributed by atoms with van der Waals surface area (Å²) in [5.41, 5.74) is 2.50. The molecule has 1 aliphatic heterocycles. The van der Waals surface area contributed by atoms with Crippen LogP contribution in [-0.2, 0) is 6.42 Å². The SMILES string of the molecule is CC.COc1cccc2[nH]cc(CCN3CC=CC3)c12. The number of ether oxygens (including phenoxy) is 1. The number of H-pyrrole nitrogens is 1. The molecule has 108 valence electrons. The maximum absolute atomic E-state index is 5.45. The highest BCUT2D eigenvalue weighted by Crippen LogP contribution is 2.28. The van der Waals surface area contributed by atoms with E-state index in [0.717, 1.165) is 37.3 Å². The van der Waals surface area contributed by atoms with Crippen LogP contribution in [0.4, 0.5) is 0 Å². The first-order chi connectivity index (χ1) is 9.88. The van der Waals surface area contributed by atoms with Crippen molar-refractivity contribution in [3.8, 4) is 5.75 Å². The number of hydrogen-bond acceptors (Lipinski definition) is 2. The maximum Gasteiger partial charge on any atom is 0.128 e. The lowest BCUT2D eigenvalue weighted by Gasteiger charge is -2.14. The highest BCUT2D eigenvalue weighted by Gasteiger charge is 2.11. The summed E-state index contributed by atoms with van der Waals surface area (Å²) in [5, 5.41) is 1.23. The Balaban J connectivity index is 0.000000704. The molecule has 2 heterocycles. The minimum atomic E-state index is 0.961. The minimum Gasteiger partial charge on any atom is -0.496 e. The van der Waals surface area contributed by atoms with Crippen molar-refractivity contribution in [1.82, 2.24) is 9.88 Å². The number of nitrogens with one attached hydrogen (secondary N) is 1. The summed E-state index contributed by atoms with van der Waals surface area (Å²) in [6.45, 7) is 7.26. The average molecular weight is 272 g/mol. The van der Waals surface area contributed by atoms with Crippen molar-refractivity contribution in [2.24, 2.45) is 0 Å². The molecule has 3 nitrogen and oxygen atoms in total. The summed E-state index contributed by atoms with van der Waals surface area (Å²) in [5.74, 6) is 0.961. The van der Waals surface area contributed by atoms with Gasteiger partial charge in [-0.2, -0.15) is 0 Å². The molecule has 20 heavy (non-hydrogen) atoms. The predicted octanol–water partition coefficient (Wildman–Crippen LogP) is 3.62. The van der Waals surface area contributed by atoms with Crippen molar-refractivity contribution in [2.45, 2.75) is 20.3 Å². The maximum atomic E-state index is 5.45. The Labute approximate surface area is 121 Å². The van der Waals surface area contributed by atoms with Gasteiger partial charge in [0.05, 0.1) is 7.11 Å². The van der Waals surface area contributed by atoms with Gasteiger partial charge in [0.25, 0.3) is 0 Å². The first-order valence-electron chi connectivity index (χ1n) is 7.39. The van der Waals surface area contributed by atoms with Gasteiger partial charge in [-0.1, -0.05) is 32.1 Å². The fourth-order valence-corrected chi connectivity index (χ4v) is 2.57. The third-order valence-corrected chi connectivity index (χ3v) is 3.56. The highest BCUT2D eigenvalue weighted by molar-refractivity contribution is 5.89. The molecule has 1 N–H and O–H groups in total. The Hall–Kier alpha value is -1.74. The van der Waals surface area contributed by atoms with Crippen molar-refractivity contribution in [1.29, 1.82) is 0 Å². The quantitative estimate of drug-likeness (QED) is 0.861. The zero-order valence-corrected chi connectivity index (χ0v) is 12.6. The van der Waals surface area contributed by atoms with Gasteiger partial charge >= 0.3 is 0 Å². The molecule has 0 aliphatic carbocycles. The van der Waals surface area contributed by atoms with Crippen LogP contribution in [-0.4, -0.2) is 36.6 Å². The lowest BCUT2D eigenvalue weighted by Crippen LogP contribution is -2.22. The van der Waals surface area contributed by atoms with Gasteiger partial charge in [-0.15, -0.1) is 0 Å². The van der Waals surface area contributed by atoms with Gasteiger partial charge in [0.15, 0.2) is 0 Å². The number of aromatic nitrogens is 1. The van der Waals surface area contributed by atoms with Gasteiger partial charge in [-0.05, 0) is 24.1 Å². The average Bonchev–Trinajstić information content (AvgIpc) is 3.16. The van der Waals surface area contributed by atoms with Crippen LogP contribution in [0.3, 0.4) is 0 Å². The zero-order valence-electron chi connectivity index (χ0n) is 12.6. The Morgan fingerprint density at radius 1 is 1.20 bits per heavy atom. The van der Waals surface area contributed by atoms with Crippen LogP contribution in [0.2, 0.25) is 0 Å². The van der Waals surface area contributed by atoms with Gasteiger partial charge in [0.1, 0.15) is 5.75 Å². The standard InChI is InChI=1S/C15H18N2O.C2H6/c1-18-14-6-4-5-13-15(14)12(11-16-13)7-10-17-8-2-3-9-17;1-2/h2-6,11,16H,7-10H2,1H3;1-2H3. The smallest absolute Gasteiger partial charge is 0.128 e. The molecule has 1 aromatic carbocycles. The van der Waals surface area contributed by atoms with E-state index in [1.807, 2.05) is 26.0 Å². The molecule has 0 atom stereocenters. The normalized spacial score (nSPS) is 14.3. The van der Waals surface area contributed by atoms with Crippen molar-refractivity contribution in [3.05, 3.63) is 42.1 Å². The lowest BCUT2D eigenvalue weighted by molar-refractivity contribution is 0.357. The highest BCUT2D eigenvalue weighted by atomic mass is 16.5. The summed E-state index contributed by atoms with van der Waals surface area (Å²) in [4.78, 5) is 5.76. The lowest BCUT2D eigenvalue weighted by atomic mass is 10.1. The van der Waals surface area contributed by atoms with Crippen LogP contribution >= 0.6 is 0 Å². The van der Waals surface area contributed by atoms with Crippen LogP contribution in [0.25, 0.3) is 10.9 Å². The molecule has 0 fully saturated rings. The second kappa shape index (κ2) is 7.15. The number of rotatable bonds is 4. The van der Waals surface area contributed by atoms with Crippen molar-refractivity contribution < 1.29 is 4.74 Å². The van der Waals surface area contributed by atoms with E-state index in [-0.39, 0.29) is 0 Å². The van der Waals surface area contributed by atoms with E-state index >= 15 is 0 Å². The topological polar surface area (TPSA) is 28.3 Å². The third kappa shape index (κ3) is 3.05. The number of methoxy groups -OCH3 is 1. The zero-order chi connectivity index (χ0) is 14.4. The van der Waals surface area contributed by atoms with Gasteiger partial charge < -0.3 is 9.72 Å². The van der Waals surface area contributed by atoms with E-state index in [2.05, 4.69) is 34.3 Å². The second-order valence-electron chi connectivity index (χ2n) is 4.68. The summed E-state index contributed by atoms with van der Waals surface area (Å²) >= 11 is 0. The molecule has 0 amide bonds. The van der Waals surface area contributed by atoms with Crippen LogP contribution in [0.5, 0.6) is 5.75 Å². The molecule has 1 aromatic heterocycles. The molecular weight excluding hydrogens is 248 g/mol. The van der Waals surface area contributed by atoms with Crippen LogP contribution in [0.1, 0.15) is 19.4 Å². The van der Waals surface area contributed by atoms with Crippen molar-refractivity contribution in [2.75, 3.05) is 26.7 Å². The molecule has 0 saturated carbocycles. The first-order valence-corrected chi connectivity index (χ1v) is 7.39. The van der Waals surface area contributed by atoms with Crippen LogP contribution in [0, 0.1) is 0 Å². The fraction of sp³-hybridized carbons (Fsp3) is 0.412. The molecule has 0 unspecified atom stereocenters. The first kappa shape index (κ1) is 14.7. The Kier molecular flexibility index (Phi) is 5.24. The second-order valence-corrected chi connectivity index (χ2v) is 4.68. The van der Waals surface area contributed by atoms with E-state index in [1.165, 1.54) is 10.9 Å².